The summed E-state index contributed by atoms with van der Waals surface area (Å²) in [4.78, 5) is 14.4. The first-order valence-electron chi connectivity index (χ1n) is 8.07. The average Bonchev–Trinajstić information content (AvgIpc) is 2.52. The maximum absolute atomic E-state index is 12.1. The van der Waals surface area contributed by atoms with E-state index in [0.29, 0.717) is 18.0 Å². The minimum absolute atomic E-state index is 0.226. The molecule has 0 aliphatic carbocycles. The van der Waals surface area contributed by atoms with Gasteiger partial charge in [-0.15, -0.1) is 0 Å². The van der Waals surface area contributed by atoms with Crippen LogP contribution in [0.3, 0.4) is 0 Å². The Balaban J connectivity index is 1.82. The summed E-state index contributed by atoms with van der Waals surface area (Å²) in [6, 6.07) is 7.38. The summed E-state index contributed by atoms with van der Waals surface area (Å²) in [5, 5.41) is 5.74. The molecule has 1 aromatic carbocycles. The summed E-state index contributed by atoms with van der Waals surface area (Å²) in [5.74, 6) is 0.645. The number of morpholine rings is 1. The summed E-state index contributed by atoms with van der Waals surface area (Å²) in [6.07, 6.45) is 0.451. The quantitative estimate of drug-likeness (QED) is 0.873. The largest absolute Gasteiger partial charge is 0.495 e. The third-order valence-electron chi connectivity index (χ3n) is 3.98. The molecule has 1 aliphatic heterocycles. The van der Waals surface area contributed by atoms with Crippen LogP contribution >= 0.6 is 0 Å². The van der Waals surface area contributed by atoms with E-state index < -0.39 is 0 Å². The Labute approximate surface area is 138 Å². The van der Waals surface area contributed by atoms with E-state index in [9.17, 15) is 4.79 Å². The number of carbonyl (C=O) groups excluding carboxylic acids is 1. The molecule has 3 unspecified atom stereocenters. The summed E-state index contributed by atoms with van der Waals surface area (Å²) in [5.41, 5.74) is 0.661. The van der Waals surface area contributed by atoms with Crippen molar-refractivity contribution in [3.05, 3.63) is 24.3 Å². The van der Waals surface area contributed by atoms with Crippen molar-refractivity contribution in [2.45, 2.75) is 39.0 Å². The molecule has 0 saturated carbocycles. The van der Waals surface area contributed by atoms with Gasteiger partial charge in [0.05, 0.1) is 25.0 Å². The van der Waals surface area contributed by atoms with E-state index in [1.54, 1.807) is 7.11 Å². The van der Waals surface area contributed by atoms with Crippen LogP contribution in [0.25, 0.3) is 0 Å². The lowest BCUT2D eigenvalue weighted by Gasteiger charge is -2.38. The number of urea groups is 1. The normalized spacial score (nSPS) is 23.1. The number of hydrogen-bond donors (Lipinski definition) is 2. The van der Waals surface area contributed by atoms with Crippen LogP contribution in [0.1, 0.15) is 20.8 Å². The third-order valence-corrected chi connectivity index (χ3v) is 3.98. The van der Waals surface area contributed by atoms with Crippen LogP contribution in [0.5, 0.6) is 5.75 Å². The van der Waals surface area contributed by atoms with Crippen molar-refractivity contribution in [1.29, 1.82) is 0 Å². The number of nitrogens with zero attached hydrogens (tertiary/aromatic N) is 1. The minimum atomic E-state index is -0.226. The molecule has 2 N–H and O–H groups in total. The molecule has 2 rings (SSSR count). The first-order valence-corrected chi connectivity index (χ1v) is 8.07. The lowest BCUT2D eigenvalue weighted by atomic mass is 10.2. The Bertz CT molecular complexity index is 514. The highest BCUT2D eigenvalue weighted by Gasteiger charge is 2.25. The highest BCUT2D eigenvalue weighted by molar-refractivity contribution is 5.90. The fourth-order valence-corrected chi connectivity index (χ4v) is 2.86. The Morgan fingerprint density at radius 1 is 1.35 bits per heavy atom. The van der Waals surface area contributed by atoms with Gasteiger partial charge in [0.15, 0.2) is 0 Å². The SMILES string of the molecule is COc1ccccc1NC(=O)NCC(C)N1CC(C)OC(C)C1. The number of ether oxygens (including phenoxy) is 2. The van der Waals surface area contributed by atoms with Crippen molar-refractivity contribution in [3.8, 4) is 5.75 Å². The van der Waals surface area contributed by atoms with Crippen molar-refractivity contribution >= 4 is 11.7 Å². The van der Waals surface area contributed by atoms with E-state index in [2.05, 4.69) is 36.3 Å². The number of anilines is 1. The van der Waals surface area contributed by atoms with Gasteiger partial charge in [-0.05, 0) is 32.9 Å². The van der Waals surface area contributed by atoms with E-state index in [1.807, 2.05) is 24.3 Å². The summed E-state index contributed by atoms with van der Waals surface area (Å²) in [7, 11) is 1.58. The monoisotopic (exact) mass is 321 g/mol. The fourth-order valence-electron chi connectivity index (χ4n) is 2.86. The molecule has 3 atom stereocenters. The lowest BCUT2D eigenvalue weighted by Crippen LogP contribution is -2.52. The molecule has 128 valence electrons. The Kier molecular flexibility index (Phi) is 6.24. The van der Waals surface area contributed by atoms with E-state index in [4.69, 9.17) is 9.47 Å². The van der Waals surface area contributed by atoms with Crippen LogP contribution in [0.4, 0.5) is 10.5 Å². The molecule has 1 heterocycles. The Morgan fingerprint density at radius 3 is 2.65 bits per heavy atom. The summed E-state index contributed by atoms with van der Waals surface area (Å²) in [6.45, 7) is 8.64. The first-order chi connectivity index (χ1) is 11.0. The molecule has 1 saturated heterocycles. The number of benzene rings is 1. The van der Waals surface area contributed by atoms with Crippen molar-refractivity contribution in [2.24, 2.45) is 0 Å². The molecule has 0 radical (unpaired) electrons. The van der Waals surface area contributed by atoms with Crippen LogP contribution in [-0.2, 0) is 4.74 Å². The summed E-state index contributed by atoms with van der Waals surface area (Å²) >= 11 is 0. The third kappa shape index (κ3) is 5.11. The number of methoxy groups -OCH3 is 1. The van der Waals surface area contributed by atoms with Crippen LogP contribution in [0, 0.1) is 0 Å². The molecule has 0 spiro atoms. The van der Waals surface area contributed by atoms with Gasteiger partial charge in [-0.1, -0.05) is 12.1 Å². The molecule has 1 aliphatic rings. The Hall–Kier alpha value is -1.79. The van der Waals surface area contributed by atoms with Gasteiger partial charge in [0, 0.05) is 25.7 Å². The van der Waals surface area contributed by atoms with Crippen molar-refractivity contribution in [2.75, 3.05) is 32.1 Å². The van der Waals surface area contributed by atoms with Gasteiger partial charge < -0.3 is 20.1 Å². The van der Waals surface area contributed by atoms with E-state index >= 15 is 0 Å². The molecule has 1 aromatic rings. The van der Waals surface area contributed by atoms with Crippen molar-refractivity contribution < 1.29 is 14.3 Å². The predicted molar refractivity (Wildman–Crippen MR) is 91.1 cm³/mol. The zero-order chi connectivity index (χ0) is 16.8. The number of rotatable bonds is 5. The molecule has 2 amide bonds. The maximum Gasteiger partial charge on any atom is 0.319 e. The molecule has 0 bridgehead atoms. The highest BCUT2D eigenvalue weighted by Crippen LogP contribution is 2.22. The molecular formula is C17H27N3O3. The van der Waals surface area contributed by atoms with Gasteiger partial charge in [0.1, 0.15) is 5.75 Å². The average molecular weight is 321 g/mol. The van der Waals surface area contributed by atoms with Gasteiger partial charge in [0.25, 0.3) is 0 Å². The number of amides is 2. The second-order valence-corrected chi connectivity index (χ2v) is 6.10. The van der Waals surface area contributed by atoms with Gasteiger partial charge in [-0.25, -0.2) is 4.79 Å². The van der Waals surface area contributed by atoms with E-state index in [1.165, 1.54) is 0 Å². The number of para-hydroxylation sites is 2. The van der Waals surface area contributed by atoms with Crippen LogP contribution in [-0.4, -0.2) is 55.9 Å². The maximum atomic E-state index is 12.1. The van der Waals surface area contributed by atoms with E-state index in [0.717, 1.165) is 13.1 Å². The van der Waals surface area contributed by atoms with E-state index in [-0.39, 0.29) is 24.3 Å². The van der Waals surface area contributed by atoms with Gasteiger partial charge in [-0.3, -0.25) is 4.90 Å². The zero-order valence-corrected chi connectivity index (χ0v) is 14.3. The standard InChI is InChI=1S/C17H27N3O3/c1-12(20-10-13(2)23-14(3)11-20)9-18-17(21)19-15-7-5-6-8-16(15)22-4/h5-8,12-14H,9-11H2,1-4H3,(H2,18,19,21). The smallest absolute Gasteiger partial charge is 0.319 e. The molecule has 6 heteroatoms. The molecular weight excluding hydrogens is 294 g/mol. The lowest BCUT2D eigenvalue weighted by molar-refractivity contribution is -0.0777. The molecule has 1 fully saturated rings. The van der Waals surface area contributed by atoms with Gasteiger partial charge >= 0.3 is 6.03 Å². The zero-order valence-electron chi connectivity index (χ0n) is 14.3. The number of nitrogens with one attached hydrogen (secondary N) is 2. The molecule has 0 aromatic heterocycles. The molecule has 6 nitrogen and oxygen atoms in total. The summed E-state index contributed by atoms with van der Waals surface area (Å²) < 4.78 is 11.0. The second-order valence-electron chi connectivity index (χ2n) is 6.10. The highest BCUT2D eigenvalue weighted by atomic mass is 16.5. The number of carbonyl (C=O) groups is 1. The second kappa shape index (κ2) is 8.17. The van der Waals surface area contributed by atoms with Gasteiger partial charge in [0.2, 0.25) is 0 Å². The number of hydrogen-bond acceptors (Lipinski definition) is 4. The van der Waals surface area contributed by atoms with Crippen LogP contribution in [0.15, 0.2) is 24.3 Å². The molecule has 23 heavy (non-hydrogen) atoms. The van der Waals surface area contributed by atoms with Crippen LogP contribution in [0.2, 0.25) is 0 Å². The topological polar surface area (TPSA) is 62.8 Å². The van der Waals surface area contributed by atoms with Gasteiger partial charge in [-0.2, -0.15) is 0 Å². The van der Waals surface area contributed by atoms with Crippen LogP contribution < -0.4 is 15.4 Å². The predicted octanol–water partition coefficient (Wildman–Crippen LogP) is 2.31. The van der Waals surface area contributed by atoms with Crippen molar-refractivity contribution in [3.63, 3.8) is 0 Å². The Morgan fingerprint density at radius 2 is 2.00 bits per heavy atom. The fraction of sp³-hybridized carbons (Fsp3) is 0.588. The first kappa shape index (κ1) is 17.6. The minimum Gasteiger partial charge on any atom is -0.495 e. The van der Waals surface area contributed by atoms with Crippen molar-refractivity contribution in [1.82, 2.24) is 10.2 Å².